The van der Waals surface area contributed by atoms with Gasteiger partial charge in [-0.15, -0.1) is 0 Å². The van der Waals surface area contributed by atoms with E-state index in [2.05, 4.69) is 36.7 Å². The fraction of sp³-hybridized carbons (Fsp3) is 0.875. The minimum absolute atomic E-state index is 0.132. The molecule has 30 heavy (non-hydrogen) atoms. The van der Waals surface area contributed by atoms with E-state index in [4.69, 9.17) is 5.11 Å². The van der Waals surface area contributed by atoms with E-state index in [-0.39, 0.29) is 52.8 Å². The quantitative estimate of drug-likeness (QED) is 0.484. The highest BCUT2D eigenvalue weighted by atomic mass is 79.9. The Morgan fingerprint density at radius 1 is 1.17 bits per heavy atom. The standard InChI is InChI=1S/C24H37BrO5/c1-12(4-7-21(29)30)15-5-6-16-22-17(11-20(28)24(15,16)3)23(2)13(9-18(22)27)8-14(26)10-19(23)25/h10,12-18,20,22,26-28H,4-9,11H2,1-3H3,(H,29,30). The highest BCUT2D eigenvalue weighted by molar-refractivity contribution is 9.11. The fourth-order valence-electron chi connectivity index (χ4n) is 8.34. The first-order valence-electron chi connectivity index (χ1n) is 11.6. The van der Waals surface area contributed by atoms with Crippen LogP contribution in [0.4, 0.5) is 0 Å². The second-order valence-corrected chi connectivity index (χ2v) is 12.0. The van der Waals surface area contributed by atoms with E-state index in [0.717, 1.165) is 17.3 Å². The zero-order valence-electron chi connectivity index (χ0n) is 18.3. The first-order chi connectivity index (χ1) is 14.0. The lowest BCUT2D eigenvalue weighted by atomic mass is 9.44. The van der Waals surface area contributed by atoms with E-state index >= 15 is 0 Å². The Morgan fingerprint density at radius 2 is 1.87 bits per heavy atom. The van der Waals surface area contributed by atoms with Gasteiger partial charge in [0.05, 0.1) is 18.3 Å². The smallest absolute Gasteiger partial charge is 0.303 e. The molecule has 0 amide bonds. The summed E-state index contributed by atoms with van der Waals surface area (Å²) in [6.45, 7) is 6.59. The van der Waals surface area contributed by atoms with Gasteiger partial charge in [0.25, 0.3) is 0 Å². The molecule has 3 fully saturated rings. The van der Waals surface area contributed by atoms with Crippen LogP contribution >= 0.6 is 15.9 Å². The van der Waals surface area contributed by atoms with Crippen LogP contribution in [0.5, 0.6) is 0 Å². The summed E-state index contributed by atoms with van der Waals surface area (Å²) in [5.74, 6) is 0.502. The monoisotopic (exact) mass is 484 g/mol. The van der Waals surface area contributed by atoms with Crippen molar-refractivity contribution in [2.75, 3.05) is 0 Å². The second kappa shape index (κ2) is 7.86. The van der Waals surface area contributed by atoms with Crippen molar-refractivity contribution in [1.82, 2.24) is 0 Å². The van der Waals surface area contributed by atoms with E-state index in [1.807, 2.05) is 6.08 Å². The summed E-state index contributed by atoms with van der Waals surface area (Å²) in [6.07, 6.45) is 5.36. The summed E-state index contributed by atoms with van der Waals surface area (Å²) in [5.41, 5.74) is -0.452. The molecule has 6 heteroatoms. The Balaban J connectivity index is 1.66. The van der Waals surface area contributed by atoms with E-state index in [1.165, 1.54) is 0 Å². The predicted molar refractivity (Wildman–Crippen MR) is 118 cm³/mol. The summed E-state index contributed by atoms with van der Waals surface area (Å²) >= 11 is 3.77. The number of rotatable bonds is 4. The van der Waals surface area contributed by atoms with Crippen LogP contribution in [-0.2, 0) is 4.79 Å². The molecule has 4 rings (SSSR count). The van der Waals surface area contributed by atoms with Gasteiger partial charge < -0.3 is 20.4 Å². The van der Waals surface area contributed by atoms with Gasteiger partial charge in [0.15, 0.2) is 0 Å². The third-order valence-corrected chi connectivity index (χ3v) is 11.1. The van der Waals surface area contributed by atoms with Crippen LogP contribution in [0.3, 0.4) is 0 Å². The number of carbonyl (C=O) groups is 1. The van der Waals surface area contributed by atoms with Crippen molar-refractivity contribution in [3.8, 4) is 0 Å². The van der Waals surface area contributed by atoms with Gasteiger partial charge in [0, 0.05) is 16.3 Å². The summed E-state index contributed by atoms with van der Waals surface area (Å²) in [6, 6.07) is 0. The van der Waals surface area contributed by atoms with Crippen molar-refractivity contribution in [1.29, 1.82) is 0 Å². The molecule has 0 aromatic rings. The van der Waals surface area contributed by atoms with Gasteiger partial charge in [-0.2, -0.15) is 0 Å². The van der Waals surface area contributed by atoms with Gasteiger partial charge in [-0.3, -0.25) is 4.79 Å². The number of aliphatic hydroxyl groups is 3. The zero-order chi connectivity index (χ0) is 22.0. The van der Waals surface area contributed by atoms with Crippen LogP contribution in [0, 0.1) is 46.3 Å². The molecule has 0 radical (unpaired) electrons. The van der Waals surface area contributed by atoms with E-state index in [1.54, 1.807) is 0 Å². The molecule has 0 saturated heterocycles. The summed E-state index contributed by atoms with van der Waals surface area (Å²) in [7, 11) is 0. The molecule has 0 spiro atoms. The number of carboxylic acid groups (broad SMARTS) is 1. The maximum atomic E-state index is 11.5. The first kappa shape index (κ1) is 22.8. The predicted octanol–water partition coefficient (Wildman–Crippen LogP) is 3.95. The first-order valence-corrected chi connectivity index (χ1v) is 12.4. The Labute approximate surface area is 188 Å². The molecule has 4 aliphatic carbocycles. The van der Waals surface area contributed by atoms with Crippen LogP contribution in [0.15, 0.2) is 10.6 Å². The van der Waals surface area contributed by atoms with Crippen molar-refractivity contribution >= 4 is 21.9 Å². The Bertz CT molecular complexity index is 724. The number of carboxylic acids is 1. The number of hydrogen-bond donors (Lipinski definition) is 4. The van der Waals surface area contributed by atoms with Crippen LogP contribution in [0.25, 0.3) is 0 Å². The molecule has 0 aromatic heterocycles. The topological polar surface area (TPSA) is 98.0 Å². The average molecular weight is 485 g/mol. The van der Waals surface area contributed by atoms with Gasteiger partial charge in [-0.25, -0.2) is 0 Å². The molecule has 4 aliphatic rings. The van der Waals surface area contributed by atoms with E-state index < -0.39 is 24.3 Å². The molecule has 0 aliphatic heterocycles. The molecule has 0 heterocycles. The Morgan fingerprint density at radius 3 is 2.53 bits per heavy atom. The van der Waals surface area contributed by atoms with Gasteiger partial charge >= 0.3 is 5.97 Å². The minimum Gasteiger partial charge on any atom is -0.481 e. The van der Waals surface area contributed by atoms with E-state index in [0.29, 0.717) is 25.7 Å². The normalized spacial score (nSPS) is 51.4. The number of fused-ring (bicyclic) bond motifs is 5. The third kappa shape index (κ3) is 3.23. The lowest BCUT2D eigenvalue weighted by Crippen LogP contribution is -2.62. The number of aliphatic hydroxyl groups excluding tert-OH is 3. The second-order valence-electron chi connectivity index (χ2n) is 11.1. The van der Waals surface area contributed by atoms with Gasteiger partial charge in [0.1, 0.15) is 0 Å². The van der Waals surface area contributed by atoms with Crippen molar-refractivity contribution in [3.05, 3.63) is 10.6 Å². The average Bonchev–Trinajstić information content (AvgIpc) is 3.01. The molecule has 170 valence electrons. The highest BCUT2D eigenvalue weighted by Gasteiger charge is 2.66. The molecule has 5 nitrogen and oxygen atoms in total. The van der Waals surface area contributed by atoms with E-state index in [9.17, 15) is 20.1 Å². The highest BCUT2D eigenvalue weighted by Crippen LogP contribution is 2.69. The summed E-state index contributed by atoms with van der Waals surface area (Å²) in [4.78, 5) is 11.1. The molecular formula is C24H37BrO5. The fourth-order valence-corrected chi connectivity index (χ4v) is 9.26. The molecule has 0 aromatic carbocycles. The van der Waals surface area contributed by atoms with Crippen LogP contribution in [-0.4, -0.2) is 44.7 Å². The number of allylic oxidation sites excluding steroid dienone is 1. The maximum Gasteiger partial charge on any atom is 0.303 e. The molecular weight excluding hydrogens is 448 g/mol. The van der Waals surface area contributed by atoms with Gasteiger partial charge in [0.2, 0.25) is 0 Å². The maximum absolute atomic E-state index is 11.5. The van der Waals surface area contributed by atoms with Gasteiger partial charge in [-0.05, 0) is 85.5 Å². The Hall–Kier alpha value is -0.430. The SMILES string of the molecule is CC(CCC(=O)O)C1CCC2C3C(O)CC4CC(O)C=C(Br)C4(C)C3CC(O)C12C. The van der Waals surface area contributed by atoms with Crippen LogP contribution < -0.4 is 0 Å². The number of aliphatic carboxylic acids is 1. The number of hydrogen-bond acceptors (Lipinski definition) is 4. The summed E-state index contributed by atoms with van der Waals surface area (Å²) in [5, 5.41) is 42.2. The molecule has 0 bridgehead atoms. The number of halogens is 1. The van der Waals surface area contributed by atoms with Crippen LogP contribution in [0.2, 0.25) is 0 Å². The molecule has 11 unspecified atom stereocenters. The van der Waals surface area contributed by atoms with Crippen molar-refractivity contribution in [3.63, 3.8) is 0 Å². The lowest BCUT2D eigenvalue weighted by Gasteiger charge is -2.63. The lowest BCUT2D eigenvalue weighted by molar-refractivity contribution is -0.188. The molecule has 4 N–H and O–H groups in total. The van der Waals surface area contributed by atoms with Gasteiger partial charge in [-0.1, -0.05) is 36.7 Å². The summed E-state index contributed by atoms with van der Waals surface area (Å²) < 4.78 is 1.03. The van der Waals surface area contributed by atoms with Crippen LogP contribution in [0.1, 0.15) is 65.7 Å². The molecule has 11 atom stereocenters. The Kier molecular flexibility index (Phi) is 5.96. The van der Waals surface area contributed by atoms with Crippen molar-refractivity contribution in [2.24, 2.45) is 46.3 Å². The largest absolute Gasteiger partial charge is 0.481 e. The third-order valence-electron chi connectivity index (χ3n) is 9.98. The van der Waals surface area contributed by atoms with Crippen molar-refractivity contribution in [2.45, 2.75) is 84.0 Å². The zero-order valence-corrected chi connectivity index (χ0v) is 19.9. The minimum atomic E-state index is -0.761. The van der Waals surface area contributed by atoms with Crippen molar-refractivity contribution < 1.29 is 25.2 Å². The molecule has 3 saturated carbocycles.